The number of carbonyl (C=O) groups excluding carboxylic acids is 1. The largest absolute Gasteiger partial charge is 0.481 e. The Kier molecular flexibility index (Phi) is 6.12. The molecule has 0 spiro atoms. The van der Waals surface area contributed by atoms with E-state index in [1.165, 1.54) is 12.8 Å². The van der Waals surface area contributed by atoms with E-state index in [9.17, 15) is 9.59 Å². The Hall–Kier alpha value is -1.26. The Morgan fingerprint density at radius 1 is 1.26 bits per heavy atom. The summed E-state index contributed by atoms with van der Waals surface area (Å²) in [6.07, 6.45) is 4.45. The summed E-state index contributed by atoms with van der Waals surface area (Å²) in [5.41, 5.74) is 0. The van der Waals surface area contributed by atoms with Crippen molar-refractivity contribution in [2.24, 2.45) is 11.8 Å². The third kappa shape index (κ3) is 6.45. The van der Waals surface area contributed by atoms with Gasteiger partial charge in [-0.2, -0.15) is 0 Å². The molecule has 0 aromatic carbocycles. The van der Waals surface area contributed by atoms with Crippen LogP contribution in [0, 0.1) is 11.8 Å². The van der Waals surface area contributed by atoms with Gasteiger partial charge in [0, 0.05) is 12.1 Å². The minimum atomic E-state index is -0.885. The number of rotatable bonds is 8. The molecule has 0 saturated heterocycles. The van der Waals surface area contributed by atoms with Crippen LogP contribution >= 0.6 is 0 Å². The Morgan fingerprint density at radius 2 is 1.89 bits per heavy atom. The first-order valence-corrected chi connectivity index (χ1v) is 7.21. The summed E-state index contributed by atoms with van der Waals surface area (Å²) in [5, 5.41) is 14.6. The molecule has 1 aliphatic rings. The second-order valence-electron chi connectivity index (χ2n) is 5.85. The highest BCUT2D eigenvalue weighted by Gasteiger charge is 2.26. The predicted octanol–water partition coefficient (Wildman–Crippen LogP) is 2.36. The van der Waals surface area contributed by atoms with Crippen molar-refractivity contribution in [2.45, 2.75) is 65.0 Å². The quantitative estimate of drug-likeness (QED) is 0.633. The molecule has 0 aliphatic heterocycles. The van der Waals surface area contributed by atoms with E-state index in [0.717, 1.165) is 18.8 Å². The molecule has 1 rings (SSSR count). The second-order valence-corrected chi connectivity index (χ2v) is 5.85. The lowest BCUT2D eigenvalue weighted by molar-refractivity contribution is -0.137. The molecular weight excluding hydrogens is 244 g/mol. The van der Waals surface area contributed by atoms with Crippen molar-refractivity contribution in [1.82, 2.24) is 10.6 Å². The predicted molar refractivity (Wildman–Crippen MR) is 74.0 cm³/mol. The van der Waals surface area contributed by atoms with Crippen LogP contribution in [0.2, 0.25) is 0 Å². The monoisotopic (exact) mass is 270 g/mol. The van der Waals surface area contributed by atoms with Gasteiger partial charge in [0.25, 0.3) is 0 Å². The first-order chi connectivity index (χ1) is 8.92. The number of nitrogens with one attached hydrogen (secondary N) is 2. The zero-order chi connectivity index (χ0) is 14.4. The SMILES string of the molecule is CCC(CC1CC1)NC(=O)NC(CC(=O)O)C(C)C. The number of urea groups is 1. The van der Waals surface area contributed by atoms with Crippen LogP contribution in [0.5, 0.6) is 0 Å². The summed E-state index contributed by atoms with van der Waals surface area (Å²) < 4.78 is 0. The van der Waals surface area contributed by atoms with Crippen LogP contribution in [0.4, 0.5) is 4.79 Å². The molecule has 1 aliphatic carbocycles. The zero-order valence-corrected chi connectivity index (χ0v) is 12.1. The van der Waals surface area contributed by atoms with Gasteiger partial charge in [0.1, 0.15) is 0 Å². The summed E-state index contributed by atoms with van der Waals surface area (Å²) in [5.74, 6) is -0.0143. The van der Waals surface area contributed by atoms with Crippen molar-refractivity contribution in [2.75, 3.05) is 0 Å². The second kappa shape index (κ2) is 7.36. The van der Waals surface area contributed by atoms with Crippen molar-refractivity contribution in [1.29, 1.82) is 0 Å². The normalized spacial score (nSPS) is 17.9. The van der Waals surface area contributed by atoms with E-state index in [-0.39, 0.29) is 30.5 Å². The molecule has 110 valence electrons. The van der Waals surface area contributed by atoms with Crippen molar-refractivity contribution in [3.05, 3.63) is 0 Å². The third-order valence-electron chi connectivity index (χ3n) is 3.66. The van der Waals surface area contributed by atoms with Gasteiger partial charge in [0.15, 0.2) is 0 Å². The van der Waals surface area contributed by atoms with Gasteiger partial charge in [-0.25, -0.2) is 4.79 Å². The van der Waals surface area contributed by atoms with Gasteiger partial charge in [0.05, 0.1) is 6.42 Å². The van der Waals surface area contributed by atoms with Gasteiger partial charge in [-0.1, -0.05) is 33.6 Å². The number of carboxylic acids is 1. The van der Waals surface area contributed by atoms with Gasteiger partial charge in [-0.15, -0.1) is 0 Å². The van der Waals surface area contributed by atoms with Crippen LogP contribution in [0.3, 0.4) is 0 Å². The number of aliphatic carboxylic acids is 1. The maximum absolute atomic E-state index is 11.9. The molecule has 0 bridgehead atoms. The van der Waals surface area contributed by atoms with E-state index in [1.54, 1.807) is 0 Å². The molecule has 1 saturated carbocycles. The van der Waals surface area contributed by atoms with Gasteiger partial charge in [-0.3, -0.25) is 4.79 Å². The van der Waals surface area contributed by atoms with Crippen LogP contribution in [0.25, 0.3) is 0 Å². The third-order valence-corrected chi connectivity index (χ3v) is 3.66. The number of hydrogen-bond acceptors (Lipinski definition) is 2. The molecule has 0 heterocycles. The van der Waals surface area contributed by atoms with Gasteiger partial charge in [-0.05, 0) is 24.7 Å². The van der Waals surface area contributed by atoms with Crippen LogP contribution in [0.1, 0.15) is 52.9 Å². The fourth-order valence-electron chi connectivity index (χ4n) is 2.12. The van der Waals surface area contributed by atoms with Crippen LogP contribution < -0.4 is 10.6 Å². The van der Waals surface area contributed by atoms with E-state index in [4.69, 9.17) is 5.11 Å². The van der Waals surface area contributed by atoms with Crippen molar-refractivity contribution in [3.63, 3.8) is 0 Å². The fraction of sp³-hybridized carbons (Fsp3) is 0.857. The van der Waals surface area contributed by atoms with Gasteiger partial charge in [0.2, 0.25) is 0 Å². The number of hydrogen-bond donors (Lipinski definition) is 3. The average molecular weight is 270 g/mol. The van der Waals surface area contributed by atoms with Crippen molar-refractivity contribution in [3.8, 4) is 0 Å². The highest BCUT2D eigenvalue weighted by molar-refractivity contribution is 5.76. The van der Waals surface area contributed by atoms with Crippen LogP contribution in [0.15, 0.2) is 0 Å². The molecule has 2 amide bonds. The van der Waals surface area contributed by atoms with Gasteiger partial charge >= 0.3 is 12.0 Å². The molecule has 1 fully saturated rings. The van der Waals surface area contributed by atoms with E-state index in [0.29, 0.717) is 0 Å². The molecule has 2 unspecified atom stereocenters. The lowest BCUT2D eigenvalue weighted by Gasteiger charge is -2.23. The zero-order valence-electron chi connectivity index (χ0n) is 12.1. The topological polar surface area (TPSA) is 78.4 Å². The average Bonchev–Trinajstić information content (AvgIpc) is 3.10. The minimum absolute atomic E-state index is 0.0372. The standard InChI is InChI=1S/C14H26N2O3/c1-4-11(7-10-5-6-10)15-14(19)16-12(9(2)3)8-13(17)18/h9-12H,4-8H2,1-3H3,(H,17,18)(H2,15,16,19). The van der Waals surface area contributed by atoms with Crippen molar-refractivity contribution >= 4 is 12.0 Å². The number of carboxylic acid groups (broad SMARTS) is 1. The molecular formula is C14H26N2O3. The van der Waals surface area contributed by atoms with E-state index in [1.807, 2.05) is 13.8 Å². The molecule has 0 aromatic heterocycles. The lowest BCUT2D eigenvalue weighted by Crippen LogP contribution is -2.48. The molecule has 5 heteroatoms. The first kappa shape index (κ1) is 15.8. The smallest absolute Gasteiger partial charge is 0.315 e. The van der Waals surface area contributed by atoms with E-state index < -0.39 is 5.97 Å². The lowest BCUT2D eigenvalue weighted by atomic mass is 10.0. The molecule has 3 N–H and O–H groups in total. The number of amides is 2. The molecule has 19 heavy (non-hydrogen) atoms. The highest BCUT2D eigenvalue weighted by Crippen LogP contribution is 2.33. The summed E-state index contributed by atoms with van der Waals surface area (Å²) in [6, 6.07) is -0.367. The Morgan fingerprint density at radius 3 is 2.32 bits per heavy atom. The van der Waals surface area contributed by atoms with E-state index >= 15 is 0 Å². The maximum atomic E-state index is 11.9. The Labute approximate surface area is 115 Å². The van der Waals surface area contributed by atoms with Crippen LogP contribution in [-0.2, 0) is 4.79 Å². The number of carbonyl (C=O) groups is 2. The molecule has 2 atom stereocenters. The van der Waals surface area contributed by atoms with Gasteiger partial charge < -0.3 is 15.7 Å². The van der Waals surface area contributed by atoms with Crippen molar-refractivity contribution < 1.29 is 14.7 Å². The molecule has 5 nitrogen and oxygen atoms in total. The molecule has 0 aromatic rings. The minimum Gasteiger partial charge on any atom is -0.481 e. The summed E-state index contributed by atoms with van der Waals surface area (Å²) in [4.78, 5) is 22.7. The fourth-order valence-corrected chi connectivity index (χ4v) is 2.12. The summed E-state index contributed by atoms with van der Waals surface area (Å²) in [6.45, 7) is 5.88. The summed E-state index contributed by atoms with van der Waals surface area (Å²) >= 11 is 0. The Bertz CT molecular complexity index is 314. The van der Waals surface area contributed by atoms with Crippen LogP contribution in [-0.4, -0.2) is 29.2 Å². The molecule has 0 radical (unpaired) electrons. The summed E-state index contributed by atoms with van der Waals surface area (Å²) in [7, 11) is 0. The maximum Gasteiger partial charge on any atom is 0.315 e. The Balaban J connectivity index is 2.39. The highest BCUT2D eigenvalue weighted by atomic mass is 16.4. The van der Waals surface area contributed by atoms with E-state index in [2.05, 4.69) is 17.6 Å². The first-order valence-electron chi connectivity index (χ1n) is 7.21.